The first-order valence-electron chi connectivity index (χ1n) is 9.72. The zero-order valence-electron chi connectivity index (χ0n) is 16.9. The summed E-state index contributed by atoms with van der Waals surface area (Å²) in [6, 6.07) is 27.1. The monoisotopic (exact) mass is 371 g/mol. The first-order chi connectivity index (χ1) is 13.3. The van der Waals surface area contributed by atoms with E-state index in [4.69, 9.17) is 9.31 Å². The molecule has 1 aliphatic rings. The summed E-state index contributed by atoms with van der Waals surface area (Å²) in [7, 11) is -0.323. The van der Waals surface area contributed by atoms with Gasteiger partial charge in [-0.1, -0.05) is 54.6 Å². The molecule has 0 bridgehead atoms. The highest BCUT2D eigenvalue weighted by Gasteiger charge is 2.51. The standard InChI is InChI=1S/C24H26BNO2/c1-23(2)24(3,4)28-25(27-23)20-14-10-18(11-15-20)19-12-16-22(17-13-19)26-21-8-6-5-7-9-21/h5-17,26H,1-4H3. The third-order valence-electron chi connectivity index (χ3n) is 5.72. The molecule has 1 aliphatic heterocycles. The van der Waals surface area contributed by atoms with Gasteiger partial charge in [0.1, 0.15) is 0 Å². The largest absolute Gasteiger partial charge is 0.494 e. The van der Waals surface area contributed by atoms with E-state index < -0.39 is 0 Å². The molecule has 0 atom stereocenters. The van der Waals surface area contributed by atoms with Gasteiger partial charge in [0, 0.05) is 11.4 Å². The zero-order chi connectivity index (χ0) is 19.8. The molecule has 28 heavy (non-hydrogen) atoms. The molecule has 0 aromatic heterocycles. The smallest absolute Gasteiger partial charge is 0.399 e. The highest BCUT2D eigenvalue weighted by atomic mass is 16.7. The predicted octanol–water partition coefficient (Wildman–Crippen LogP) is 5.40. The van der Waals surface area contributed by atoms with Crippen molar-refractivity contribution in [2.75, 3.05) is 5.32 Å². The third-order valence-corrected chi connectivity index (χ3v) is 5.72. The molecule has 1 N–H and O–H groups in total. The summed E-state index contributed by atoms with van der Waals surface area (Å²) in [6.45, 7) is 8.30. The molecule has 4 heteroatoms. The molecule has 0 spiro atoms. The van der Waals surface area contributed by atoms with Crippen LogP contribution in [-0.4, -0.2) is 18.3 Å². The van der Waals surface area contributed by atoms with E-state index in [1.165, 1.54) is 11.1 Å². The SMILES string of the molecule is CC1(C)OB(c2ccc(-c3ccc(Nc4ccccc4)cc3)cc2)OC1(C)C. The lowest BCUT2D eigenvalue weighted by atomic mass is 9.78. The second kappa shape index (κ2) is 7.12. The van der Waals surface area contributed by atoms with Crippen LogP contribution in [0.25, 0.3) is 11.1 Å². The summed E-state index contributed by atoms with van der Waals surface area (Å²) in [6.07, 6.45) is 0. The maximum absolute atomic E-state index is 6.14. The lowest BCUT2D eigenvalue weighted by molar-refractivity contribution is 0.00578. The van der Waals surface area contributed by atoms with Gasteiger partial charge in [-0.25, -0.2) is 0 Å². The molecule has 1 heterocycles. The van der Waals surface area contributed by atoms with Gasteiger partial charge in [0.15, 0.2) is 0 Å². The van der Waals surface area contributed by atoms with Crippen molar-refractivity contribution in [1.29, 1.82) is 0 Å². The fraction of sp³-hybridized carbons (Fsp3) is 0.250. The van der Waals surface area contributed by atoms with Gasteiger partial charge in [-0.05, 0) is 68.6 Å². The van der Waals surface area contributed by atoms with Crippen molar-refractivity contribution in [2.24, 2.45) is 0 Å². The van der Waals surface area contributed by atoms with Gasteiger partial charge in [-0.15, -0.1) is 0 Å². The summed E-state index contributed by atoms with van der Waals surface area (Å²) in [5.41, 5.74) is 4.91. The lowest BCUT2D eigenvalue weighted by Crippen LogP contribution is -2.41. The zero-order valence-corrected chi connectivity index (χ0v) is 16.9. The molecule has 3 aromatic carbocycles. The van der Waals surface area contributed by atoms with Crippen LogP contribution in [0.2, 0.25) is 0 Å². The Bertz CT molecular complexity index is 919. The Kier molecular flexibility index (Phi) is 4.78. The van der Waals surface area contributed by atoms with Crippen LogP contribution in [0.15, 0.2) is 78.9 Å². The van der Waals surface area contributed by atoms with E-state index in [-0.39, 0.29) is 18.3 Å². The molecule has 3 aromatic rings. The number of para-hydroxylation sites is 1. The van der Waals surface area contributed by atoms with Gasteiger partial charge in [-0.2, -0.15) is 0 Å². The number of benzene rings is 3. The van der Waals surface area contributed by atoms with Crippen LogP contribution >= 0.6 is 0 Å². The molecule has 142 valence electrons. The molecule has 0 saturated carbocycles. The van der Waals surface area contributed by atoms with Crippen LogP contribution in [0.4, 0.5) is 11.4 Å². The van der Waals surface area contributed by atoms with Gasteiger partial charge in [0.05, 0.1) is 11.2 Å². The van der Waals surface area contributed by atoms with Gasteiger partial charge >= 0.3 is 7.12 Å². The fourth-order valence-electron chi connectivity index (χ4n) is 3.25. The van der Waals surface area contributed by atoms with E-state index in [1.807, 2.05) is 18.2 Å². The minimum atomic E-state index is -0.323. The minimum Gasteiger partial charge on any atom is -0.399 e. The highest BCUT2D eigenvalue weighted by Crippen LogP contribution is 2.36. The van der Waals surface area contributed by atoms with Crippen molar-refractivity contribution in [3.05, 3.63) is 78.9 Å². The quantitative estimate of drug-likeness (QED) is 0.623. The molecule has 0 radical (unpaired) electrons. The first-order valence-corrected chi connectivity index (χ1v) is 9.72. The van der Waals surface area contributed by atoms with E-state index in [0.29, 0.717) is 0 Å². The summed E-state index contributed by atoms with van der Waals surface area (Å²) in [4.78, 5) is 0. The summed E-state index contributed by atoms with van der Waals surface area (Å²) < 4.78 is 12.3. The molecule has 0 amide bonds. The average molecular weight is 371 g/mol. The van der Waals surface area contributed by atoms with Crippen molar-refractivity contribution >= 4 is 24.0 Å². The van der Waals surface area contributed by atoms with Crippen molar-refractivity contribution in [3.63, 3.8) is 0 Å². The van der Waals surface area contributed by atoms with Crippen LogP contribution in [0.3, 0.4) is 0 Å². The fourth-order valence-corrected chi connectivity index (χ4v) is 3.25. The second-order valence-corrected chi connectivity index (χ2v) is 8.28. The van der Waals surface area contributed by atoms with Gasteiger partial charge < -0.3 is 14.6 Å². The normalized spacial score (nSPS) is 17.5. The van der Waals surface area contributed by atoms with Crippen LogP contribution < -0.4 is 10.8 Å². The van der Waals surface area contributed by atoms with E-state index in [2.05, 4.69) is 93.7 Å². The lowest BCUT2D eigenvalue weighted by Gasteiger charge is -2.32. The van der Waals surface area contributed by atoms with Crippen molar-refractivity contribution in [3.8, 4) is 11.1 Å². The van der Waals surface area contributed by atoms with Crippen LogP contribution in [-0.2, 0) is 9.31 Å². The summed E-state index contributed by atoms with van der Waals surface area (Å²) in [5, 5.41) is 3.41. The molecule has 4 rings (SSSR count). The average Bonchev–Trinajstić information content (AvgIpc) is 2.91. The molecular weight excluding hydrogens is 345 g/mol. The molecule has 0 aliphatic carbocycles. The number of nitrogens with one attached hydrogen (secondary N) is 1. The molecular formula is C24H26BNO2. The minimum absolute atomic E-state index is 0.322. The molecule has 1 fully saturated rings. The van der Waals surface area contributed by atoms with E-state index in [0.717, 1.165) is 16.8 Å². The first kappa shape index (κ1) is 18.8. The Morgan fingerprint density at radius 1 is 0.607 bits per heavy atom. The summed E-state index contributed by atoms with van der Waals surface area (Å²) >= 11 is 0. The van der Waals surface area contributed by atoms with E-state index in [1.54, 1.807) is 0 Å². The predicted molar refractivity (Wildman–Crippen MR) is 117 cm³/mol. The second-order valence-electron chi connectivity index (χ2n) is 8.28. The Labute approximate surface area is 167 Å². The van der Waals surface area contributed by atoms with Crippen molar-refractivity contribution in [1.82, 2.24) is 0 Å². The Hall–Kier alpha value is -2.56. The molecule has 0 unspecified atom stereocenters. The highest BCUT2D eigenvalue weighted by molar-refractivity contribution is 6.62. The molecule has 1 saturated heterocycles. The van der Waals surface area contributed by atoms with E-state index in [9.17, 15) is 0 Å². The maximum Gasteiger partial charge on any atom is 0.494 e. The van der Waals surface area contributed by atoms with E-state index >= 15 is 0 Å². The Balaban J connectivity index is 1.47. The number of hydrogen-bond acceptors (Lipinski definition) is 3. The summed E-state index contributed by atoms with van der Waals surface area (Å²) in [5.74, 6) is 0. The number of hydrogen-bond donors (Lipinski definition) is 1. The van der Waals surface area contributed by atoms with Crippen molar-refractivity contribution in [2.45, 2.75) is 38.9 Å². The number of anilines is 2. The molecule has 3 nitrogen and oxygen atoms in total. The number of rotatable bonds is 4. The van der Waals surface area contributed by atoms with Crippen LogP contribution in [0, 0.1) is 0 Å². The van der Waals surface area contributed by atoms with Gasteiger partial charge in [0.25, 0.3) is 0 Å². The Morgan fingerprint density at radius 3 is 1.61 bits per heavy atom. The third kappa shape index (κ3) is 3.71. The van der Waals surface area contributed by atoms with Gasteiger partial charge in [-0.3, -0.25) is 0 Å². The van der Waals surface area contributed by atoms with Crippen molar-refractivity contribution < 1.29 is 9.31 Å². The Morgan fingerprint density at radius 2 is 1.07 bits per heavy atom. The topological polar surface area (TPSA) is 30.5 Å². The maximum atomic E-state index is 6.14. The van der Waals surface area contributed by atoms with Crippen LogP contribution in [0.1, 0.15) is 27.7 Å². The van der Waals surface area contributed by atoms with Gasteiger partial charge in [0.2, 0.25) is 0 Å². The van der Waals surface area contributed by atoms with Crippen LogP contribution in [0.5, 0.6) is 0 Å².